The number of methoxy groups -OCH3 is 1. The Kier molecular flexibility index (Phi) is 5.85. The summed E-state index contributed by atoms with van der Waals surface area (Å²) in [6.45, 7) is 1.80. The van der Waals surface area contributed by atoms with Gasteiger partial charge in [0.2, 0.25) is 0 Å². The van der Waals surface area contributed by atoms with E-state index in [4.69, 9.17) is 27.9 Å². The van der Waals surface area contributed by atoms with Gasteiger partial charge in [0.15, 0.2) is 5.78 Å². The molecule has 1 N–H and O–H groups in total. The summed E-state index contributed by atoms with van der Waals surface area (Å²) < 4.78 is 5.16. The van der Waals surface area contributed by atoms with E-state index < -0.39 is 0 Å². The zero-order chi connectivity index (χ0) is 19.6. The molecular formula is C20H15Cl2NO3S. The lowest BCUT2D eigenvalue weighted by Crippen LogP contribution is -1.93. The van der Waals surface area contributed by atoms with E-state index in [-0.39, 0.29) is 21.6 Å². The zero-order valence-corrected chi connectivity index (χ0v) is 16.8. The molecule has 0 spiro atoms. The van der Waals surface area contributed by atoms with Crippen molar-refractivity contribution >= 4 is 46.4 Å². The van der Waals surface area contributed by atoms with Gasteiger partial charge in [-0.1, -0.05) is 23.2 Å². The van der Waals surface area contributed by atoms with Crippen molar-refractivity contribution in [2.45, 2.75) is 6.92 Å². The second kappa shape index (κ2) is 8.13. The lowest BCUT2D eigenvalue weighted by Gasteiger charge is -2.02. The molecule has 2 aromatic carbocycles. The van der Waals surface area contributed by atoms with Gasteiger partial charge < -0.3 is 9.84 Å². The van der Waals surface area contributed by atoms with Crippen LogP contribution in [0.3, 0.4) is 0 Å². The number of thiazole rings is 1. The van der Waals surface area contributed by atoms with Crippen LogP contribution in [0.2, 0.25) is 10.0 Å². The predicted molar refractivity (Wildman–Crippen MR) is 110 cm³/mol. The SMILES string of the molecule is COc1ccc(-c2nc(C)c(C(=O)C=Cc3ccc(O)c(Cl)c3Cl)s2)cc1. The van der Waals surface area contributed by atoms with Gasteiger partial charge in [0.25, 0.3) is 0 Å². The highest BCUT2D eigenvalue weighted by atomic mass is 35.5. The number of ether oxygens (including phenoxy) is 1. The van der Waals surface area contributed by atoms with Gasteiger partial charge >= 0.3 is 0 Å². The van der Waals surface area contributed by atoms with E-state index in [2.05, 4.69) is 4.98 Å². The van der Waals surface area contributed by atoms with Crippen LogP contribution >= 0.6 is 34.5 Å². The third-order valence-electron chi connectivity index (χ3n) is 3.86. The van der Waals surface area contributed by atoms with Crippen molar-refractivity contribution in [2.24, 2.45) is 0 Å². The van der Waals surface area contributed by atoms with Crippen LogP contribution in [0.25, 0.3) is 16.6 Å². The first-order chi connectivity index (χ1) is 12.9. The summed E-state index contributed by atoms with van der Waals surface area (Å²) in [5, 5.41) is 10.6. The zero-order valence-electron chi connectivity index (χ0n) is 14.5. The van der Waals surface area contributed by atoms with Crippen LogP contribution in [0.15, 0.2) is 42.5 Å². The average molecular weight is 420 g/mol. The Hall–Kier alpha value is -2.34. The molecule has 3 rings (SSSR count). The van der Waals surface area contributed by atoms with Crippen molar-refractivity contribution in [1.29, 1.82) is 0 Å². The minimum atomic E-state index is -0.176. The molecule has 4 nitrogen and oxygen atoms in total. The first-order valence-corrected chi connectivity index (χ1v) is 9.49. The van der Waals surface area contributed by atoms with Gasteiger partial charge in [-0.25, -0.2) is 4.98 Å². The predicted octanol–water partition coefficient (Wildman–Crippen LogP) is 6.04. The number of carbonyl (C=O) groups is 1. The van der Waals surface area contributed by atoms with Gasteiger partial charge in [-0.05, 0) is 61.0 Å². The van der Waals surface area contributed by atoms with E-state index in [1.54, 1.807) is 26.2 Å². The van der Waals surface area contributed by atoms with E-state index in [1.165, 1.54) is 23.5 Å². The topological polar surface area (TPSA) is 59.4 Å². The van der Waals surface area contributed by atoms with Crippen LogP contribution in [0.4, 0.5) is 0 Å². The standard InChI is InChI=1S/C20H15Cl2NO3S/c1-11-19(27-20(23-11)13-3-7-14(26-2)8-4-13)16(25)10-6-12-5-9-15(24)18(22)17(12)21/h3-10,24H,1-2H3. The molecule has 1 heterocycles. The number of carbonyl (C=O) groups excluding carboxylic acids is 1. The molecule has 0 aliphatic carbocycles. The number of allylic oxidation sites excluding steroid dienone is 1. The molecule has 0 saturated carbocycles. The number of nitrogens with zero attached hydrogens (tertiary/aromatic N) is 1. The Morgan fingerprint density at radius 2 is 1.85 bits per heavy atom. The van der Waals surface area contributed by atoms with Crippen molar-refractivity contribution < 1.29 is 14.6 Å². The highest BCUT2D eigenvalue weighted by molar-refractivity contribution is 7.17. The normalized spacial score (nSPS) is 11.1. The Labute approximate surface area is 170 Å². The summed E-state index contributed by atoms with van der Waals surface area (Å²) in [5.74, 6) is 0.480. The number of rotatable bonds is 5. The molecule has 138 valence electrons. The molecule has 0 radical (unpaired) electrons. The number of phenols is 1. The van der Waals surface area contributed by atoms with Gasteiger partial charge in [0.1, 0.15) is 21.5 Å². The summed E-state index contributed by atoms with van der Waals surface area (Å²) in [6, 6.07) is 10.5. The molecule has 1 aromatic heterocycles. The number of benzene rings is 2. The third kappa shape index (κ3) is 4.16. The van der Waals surface area contributed by atoms with E-state index in [0.717, 1.165) is 16.3 Å². The van der Waals surface area contributed by atoms with E-state index in [1.807, 2.05) is 24.3 Å². The fourth-order valence-corrected chi connectivity index (χ4v) is 3.79. The van der Waals surface area contributed by atoms with Crippen molar-refractivity contribution in [3.05, 3.63) is 68.7 Å². The summed E-state index contributed by atoms with van der Waals surface area (Å²) in [7, 11) is 1.61. The van der Waals surface area contributed by atoms with Gasteiger partial charge in [-0.15, -0.1) is 11.3 Å². The number of aromatic nitrogens is 1. The van der Waals surface area contributed by atoms with Gasteiger partial charge in [-0.2, -0.15) is 0 Å². The lowest BCUT2D eigenvalue weighted by atomic mass is 10.1. The monoisotopic (exact) mass is 419 g/mol. The quantitative estimate of drug-likeness (QED) is 0.404. The number of hydrogen-bond donors (Lipinski definition) is 1. The summed E-state index contributed by atoms with van der Waals surface area (Å²) >= 11 is 13.3. The molecule has 3 aromatic rings. The highest BCUT2D eigenvalue weighted by Crippen LogP contribution is 2.34. The molecule has 0 aliphatic heterocycles. The maximum atomic E-state index is 12.6. The molecule has 7 heteroatoms. The van der Waals surface area contributed by atoms with E-state index >= 15 is 0 Å². The maximum Gasteiger partial charge on any atom is 0.197 e. The minimum Gasteiger partial charge on any atom is -0.506 e. The number of hydrogen-bond acceptors (Lipinski definition) is 5. The van der Waals surface area contributed by atoms with Gasteiger partial charge in [0, 0.05) is 5.56 Å². The molecule has 0 fully saturated rings. The third-order valence-corrected chi connectivity index (χ3v) is 5.97. The number of aromatic hydroxyl groups is 1. The first kappa shape index (κ1) is 19.4. The minimum absolute atomic E-state index is 0.0574. The van der Waals surface area contributed by atoms with Gasteiger partial charge in [0.05, 0.1) is 22.7 Å². The fourth-order valence-electron chi connectivity index (χ4n) is 2.41. The van der Waals surface area contributed by atoms with Crippen molar-refractivity contribution in [3.8, 4) is 22.1 Å². The molecule has 0 aliphatic rings. The molecular weight excluding hydrogens is 405 g/mol. The second-order valence-electron chi connectivity index (χ2n) is 5.66. The molecule has 0 atom stereocenters. The van der Waals surface area contributed by atoms with Crippen LogP contribution in [0, 0.1) is 6.92 Å². The number of aryl methyl sites for hydroxylation is 1. The largest absolute Gasteiger partial charge is 0.506 e. The molecule has 0 saturated heterocycles. The number of ketones is 1. The summed E-state index contributed by atoms with van der Waals surface area (Å²) in [6.07, 6.45) is 3.00. The summed E-state index contributed by atoms with van der Waals surface area (Å²) in [4.78, 5) is 17.6. The Morgan fingerprint density at radius 3 is 2.52 bits per heavy atom. The fraction of sp³-hybridized carbons (Fsp3) is 0.100. The second-order valence-corrected chi connectivity index (χ2v) is 7.42. The van der Waals surface area contributed by atoms with Crippen molar-refractivity contribution in [1.82, 2.24) is 4.98 Å². The average Bonchev–Trinajstić information content (AvgIpc) is 3.07. The van der Waals surface area contributed by atoms with Crippen LogP contribution in [-0.4, -0.2) is 23.0 Å². The molecule has 0 unspecified atom stereocenters. The molecule has 0 bridgehead atoms. The van der Waals surface area contributed by atoms with Crippen molar-refractivity contribution in [3.63, 3.8) is 0 Å². The first-order valence-electron chi connectivity index (χ1n) is 7.92. The highest BCUT2D eigenvalue weighted by Gasteiger charge is 2.15. The van der Waals surface area contributed by atoms with Crippen molar-refractivity contribution in [2.75, 3.05) is 7.11 Å². The van der Waals surface area contributed by atoms with Gasteiger partial charge in [-0.3, -0.25) is 4.79 Å². The Balaban J connectivity index is 1.85. The lowest BCUT2D eigenvalue weighted by molar-refractivity contribution is 0.105. The Bertz CT molecular complexity index is 1030. The number of halogens is 2. The molecule has 0 amide bonds. The van der Waals surface area contributed by atoms with E-state index in [0.29, 0.717) is 16.1 Å². The van der Waals surface area contributed by atoms with Crippen LogP contribution in [0.1, 0.15) is 20.9 Å². The maximum absolute atomic E-state index is 12.6. The van der Waals surface area contributed by atoms with E-state index in [9.17, 15) is 9.90 Å². The number of phenolic OH excluding ortho intramolecular Hbond substituents is 1. The molecule has 27 heavy (non-hydrogen) atoms. The van der Waals surface area contributed by atoms with Crippen LogP contribution in [0.5, 0.6) is 11.5 Å². The Morgan fingerprint density at radius 1 is 1.15 bits per heavy atom. The van der Waals surface area contributed by atoms with Crippen LogP contribution in [-0.2, 0) is 0 Å². The summed E-state index contributed by atoms with van der Waals surface area (Å²) in [5.41, 5.74) is 2.13. The van der Waals surface area contributed by atoms with Crippen LogP contribution < -0.4 is 4.74 Å². The smallest absolute Gasteiger partial charge is 0.197 e.